The van der Waals surface area contributed by atoms with Gasteiger partial charge in [0.15, 0.2) is 0 Å². The largest absolute Gasteiger partial charge is 0.339 e. The van der Waals surface area contributed by atoms with Crippen LogP contribution in [0.4, 0.5) is 0 Å². The number of rotatable bonds is 3. The molecule has 108 valence electrons. The summed E-state index contributed by atoms with van der Waals surface area (Å²) in [6.45, 7) is 6.55. The molecule has 1 fully saturated rings. The maximum atomic E-state index is 12.2. The summed E-state index contributed by atoms with van der Waals surface area (Å²) in [5.41, 5.74) is 9.23. The fourth-order valence-corrected chi connectivity index (χ4v) is 2.67. The van der Waals surface area contributed by atoms with Gasteiger partial charge in [-0.2, -0.15) is 0 Å². The third-order valence-electron chi connectivity index (χ3n) is 4.09. The first-order valence-electron chi connectivity index (χ1n) is 7.34. The molecule has 1 heterocycles. The second kappa shape index (κ2) is 6.71. The van der Waals surface area contributed by atoms with Crippen LogP contribution in [-0.2, 0) is 4.79 Å². The summed E-state index contributed by atoms with van der Waals surface area (Å²) in [6, 6.07) is 6.27. The van der Waals surface area contributed by atoms with E-state index in [4.69, 9.17) is 5.73 Å². The molecule has 0 atom stereocenters. The van der Waals surface area contributed by atoms with Crippen LogP contribution in [-0.4, -0.2) is 30.4 Å². The van der Waals surface area contributed by atoms with Gasteiger partial charge in [0, 0.05) is 19.2 Å². The van der Waals surface area contributed by atoms with Crippen LogP contribution in [0.25, 0.3) is 6.08 Å². The van der Waals surface area contributed by atoms with E-state index in [-0.39, 0.29) is 5.91 Å². The Hall–Kier alpha value is -1.61. The molecule has 0 radical (unpaired) electrons. The molecule has 1 aromatic carbocycles. The quantitative estimate of drug-likeness (QED) is 0.859. The first-order valence-corrected chi connectivity index (χ1v) is 7.34. The number of benzene rings is 1. The Balaban J connectivity index is 1.96. The molecule has 1 aromatic rings. The van der Waals surface area contributed by atoms with Crippen LogP contribution < -0.4 is 5.73 Å². The fraction of sp³-hybridized carbons (Fsp3) is 0.471. The van der Waals surface area contributed by atoms with Crippen molar-refractivity contribution in [2.75, 3.05) is 19.6 Å². The number of hydrogen-bond acceptors (Lipinski definition) is 2. The first kappa shape index (κ1) is 14.8. The van der Waals surface area contributed by atoms with Crippen molar-refractivity contribution < 1.29 is 4.79 Å². The number of hydrogen-bond donors (Lipinski definition) is 1. The number of amides is 1. The molecule has 0 aromatic heterocycles. The third kappa shape index (κ3) is 3.70. The molecule has 0 aliphatic carbocycles. The molecule has 3 nitrogen and oxygen atoms in total. The van der Waals surface area contributed by atoms with Crippen molar-refractivity contribution >= 4 is 12.0 Å². The summed E-state index contributed by atoms with van der Waals surface area (Å²) in [6.07, 6.45) is 5.67. The number of nitrogens with two attached hydrogens (primary N) is 1. The van der Waals surface area contributed by atoms with Crippen molar-refractivity contribution in [3.05, 3.63) is 41.0 Å². The molecule has 1 aliphatic rings. The van der Waals surface area contributed by atoms with Crippen LogP contribution in [0.5, 0.6) is 0 Å². The van der Waals surface area contributed by atoms with Crippen LogP contribution >= 0.6 is 0 Å². The van der Waals surface area contributed by atoms with Gasteiger partial charge in [0.1, 0.15) is 0 Å². The van der Waals surface area contributed by atoms with E-state index in [2.05, 4.69) is 32.0 Å². The van der Waals surface area contributed by atoms with Crippen LogP contribution in [0, 0.1) is 19.8 Å². The maximum absolute atomic E-state index is 12.2. The molecule has 0 unspecified atom stereocenters. The highest BCUT2D eigenvalue weighted by Crippen LogP contribution is 2.17. The molecule has 1 aliphatic heterocycles. The van der Waals surface area contributed by atoms with E-state index in [1.807, 2.05) is 11.0 Å². The van der Waals surface area contributed by atoms with Crippen LogP contribution in [0.2, 0.25) is 0 Å². The number of aryl methyl sites for hydroxylation is 2. The second-order valence-electron chi connectivity index (χ2n) is 5.70. The summed E-state index contributed by atoms with van der Waals surface area (Å²) < 4.78 is 0. The number of nitrogens with zero attached hydrogens (tertiary/aromatic N) is 1. The van der Waals surface area contributed by atoms with Crippen molar-refractivity contribution in [1.82, 2.24) is 4.90 Å². The van der Waals surface area contributed by atoms with E-state index in [1.54, 1.807) is 6.08 Å². The Morgan fingerprint density at radius 1 is 1.35 bits per heavy atom. The number of likely N-dealkylation sites (tertiary alicyclic amines) is 1. The molecule has 2 rings (SSSR count). The van der Waals surface area contributed by atoms with Crippen molar-refractivity contribution in [3.63, 3.8) is 0 Å². The average Bonchev–Trinajstić information content (AvgIpc) is 2.46. The van der Waals surface area contributed by atoms with Gasteiger partial charge >= 0.3 is 0 Å². The van der Waals surface area contributed by atoms with Gasteiger partial charge in [-0.05, 0) is 56.4 Å². The zero-order valence-electron chi connectivity index (χ0n) is 12.4. The van der Waals surface area contributed by atoms with Crippen molar-refractivity contribution in [2.45, 2.75) is 26.7 Å². The van der Waals surface area contributed by atoms with Crippen LogP contribution in [0.15, 0.2) is 24.3 Å². The second-order valence-corrected chi connectivity index (χ2v) is 5.70. The van der Waals surface area contributed by atoms with E-state index >= 15 is 0 Å². The molecule has 1 saturated heterocycles. The molecule has 1 amide bonds. The number of piperidine rings is 1. The summed E-state index contributed by atoms with van der Waals surface area (Å²) in [5, 5.41) is 0. The van der Waals surface area contributed by atoms with E-state index in [0.717, 1.165) is 38.0 Å². The van der Waals surface area contributed by atoms with Crippen molar-refractivity contribution in [1.29, 1.82) is 0 Å². The van der Waals surface area contributed by atoms with Crippen LogP contribution in [0.1, 0.15) is 29.5 Å². The lowest BCUT2D eigenvalue weighted by molar-refractivity contribution is -0.127. The third-order valence-corrected chi connectivity index (χ3v) is 4.09. The highest BCUT2D eigenvalue weighted by molar-refractivity contribution is 5.92. The molecule has 0 bridgehead atoms. The minimum atomic E-state index is 0.112. The summed E-state index contributed by atoms with van der Waals surface area (Å²) in [4.78, 5) is 14.1. The Labute approximate surface area is 121 Å². The average molecular weight is 272 g/mol. The molecule has 0 spiro atoms. The molecular weight excluding hydrogens is 248 g/mol. The van der Waals surface area contributed by atoms with Crippen molar-refractivity contribution in [3.8, 4) is 0 Å². The van der Waals surface area contributed by atoms with E-state index in [1.165, 1.54) is 11.1 Å². The van der Waals surface area contributed by atoms with Gasteiger partial charge in [0.25, 0.3) is 0 Å². The normalized spacial score (nSPS) is 16.9. The lowest BCUT2D eigenvalue weighted by atomic mass is 9.97. The Morgan fingerprint density at radius 2 is 2.05 bits per heavy atom. The van der Waals surface area contributed by atoms with Gasteiger partial charge in [-0.25, -0.2) is 0 Å². The number of carbonyl (C=O) groups excluding carboxylic acids is 1. The van der Waals surface area contributed by atoms with Gasteiger partial charge in [-0.15, -0.1) is 0 Å². The smallest absolute Gasteiger partial charge is 0.246 e. The summed E-state index contributed by atoms with van der Waals surface area (Å²) in [7, 11) is 0. The zero-order chi connectivity index (χ0) is 14.5. The van der Waals surface area contributed by atoms with Gasteiger partial charge in [-0.1, -0.05) is 23.8 Å². The number of carbonyl (C=O) groups is 1. The zero-order valence-corrected chi connectivity index (χ0v) is 12.4. The lowest BCUT2D eigenvalue weighted by Crippen LogP contribution is -2.39. The molecule has 20 heavy (non-hydrogen) atoms. The lowest BCUT2D eigenvalue weighted by Gasteiger charge is -2.30. The monoisotopic (exact) mass is 272 g/mol. The molecule has 0 saturated carbocycles. The van der Waals surface area contributed by atoms with Gasteiger partial charge in [-0.3, -0.25) is 4.79 Å². The predicted molar refractivity (Wildman–Crippen MR) is 83.3 cm³/mol. The Bertz CT molecular complexity index is 500. The summed E-state index contributed by atoms with van der Waals surface area (Å²) >= 11 is 0. The predicted octanol–water partition coefficient (Wildman–Crippen LogP) is 2.51. The van der Waals surface area contributed by atoms with E-state index in [9.17, 15) is 4.79 Å². The van der Waals surface area contributed by atoms with E-state index < -0.39 is 0 Å². The topological polar surface area (TPSA) is 46.3 Å². The fourth-order valence-electron chi connectivity index (χ4n) is 2.67. The Morgan fingerprint density at radius 3 is 2.65 bits per heavy atom. The molecule has 3 heteroatoms. The van der Waals surface area contributed by atoms with Gasteiger partial charge in [0.2, 0.25) is 5.91 Å². The van der Waals surface area contributed by atoms with E-state index in [0.29, 0.717) is 5.92 Å². The maximum Gasteiger partial charge on any atom is 0.246 e. The minimum absolute atomic E-state index is 0.112. The Kier molecular flexibility index (Phi) is 4.96. The molecule has 2 N–H and O–H groups in total. The van der Waals surface area contributed by atoms with Gasteiger partial charge < -0.3 is 10.6 Å². The minimum Gasteiger partial charge on any atom is -0.339 e. The SMILES string of the molecule is Cc1ccc(/C=C/C(=O)N2CCC(CN)CC2)c(C)c1. The summed E-state index contributed by atoms with van der Waals surface area (Å²) in [5.74, 6) is 0.697. The van der Waals surface area contributed by atoms with Crippen LogP contribution in [0.3, 0.4) is 0 Å². The first-order chi connectivity index (χ1) is 9.60. The molecular formula is C17H24N2O. The highest BCUT2D eigenvalue weighted by Gasteiger charge is 2.20. The van der Waals surface area contributed by atoms with Gasteiger partial charge in [0.05, 0.1) is 0 Å². The standard InChI is InChI=1S/C17H24N2O/c1-13-3-4-16(14(2)11-13)5-6-17(20)19-9-7-15(12-18)8-10-19/h3-6,11,15H,7-10,12,18H2,1-2H3/b6-5+. The van der Waals surface area contributed by atoms with Crippen molar-refractivity contribution in [2.24, 2.45) is 11.7 Å². The highest BCUT2D eigenvalue weighted by atomic mass is 16.2.